The third kappa shape index (κ3) is 5.72. The molecule has 0 bridgehead atoms. The highest BCUT2D eigenvalue weighted by Gasteiger charge is 2.18. The van der Waals surface area contributed by atoms with Gasteiger partial charge < -0.3 is 14.9 Å². The van der Waals surface area contributed by atoms with Gasteiger partial charge in [-0.15, -0.1) is 0 Å². The maximum absolute atomic E-state index is 11.7. The van der Waals surface area contributed by atoms with Gasteiger partial charge in [0.2, 0.25) is 0 Å². The maximum Gasteiger partial charge on any atom is 0.412 e. The number of carbonyl (C=O) groups excluding carboxylic acids is 1. The summed E-state index contributed by atoms with van der Waals surface area (Å²) in [6, 6.07) is 4.57. The fourth-order valence-corrected chi connectivity index (χ4v) is 1.66. The van der Waals surface area contributed by atoms with Gasteiger partial charge in [-0.3, -0.25) is 10.1 Å². The second-order valence-electron chi connectivity index (χ2n) is 5.92. The van der Waals surface area contributed by atoms with E-state index >= 15 is 0 Å². The first-order valence-corrected chi connectivity index (χ1v) is 6.63. The summed E-state index contributed by atoms with van der Waals surface area (Å²) >= 11 is 0. The topological polar surface area (TPSA) is 95.9 Å². The summed E-state index contributed by atoms with van der Waals surface area (Å²) in [4.78, 5) is 22.5. The SMILES string of the molecule is CC(Cc1ccc(O)c(NC(=O)OC(C)(C)C)c1)C(=O)O. The van der Waals surface area contributed by atoms with Gasteiger partial charge in [-0.2, -0.15) is 0 Å². The summed E-state index contributed by atoms with van der Waals surface area (Å²) in [5.41, 5.74) is 0.253. The Balaban J connectivity index is 2.83. The summed E-state index contributed by atoms with van der Waals surface area (Å²) in [5, 5.41) is 21.1. The standard InChI is InChI=1S/C15H21NO5/c1-9(13(18)19)7-10-5-6-12(17)11(8-10)16-14(20)21-15(2,3)4/h5-6,8-9,17H,7H2,1-4H3,(H,16,20)(H,18,19). The molecular formula is C15H21NO5. The third-order valence-corrected chi connectivity index (χ3v) is 2.66. The van der Waals surface area contributed by atoms with E-state index < -0.39 is 23.6 Å². The number of phenols is 1. The van der Waals surface area contributed by atoms with Crippen LogP contribution in [0.5, 0.6) is 5.75 Å². The van der Waals surface area contributed by atoms with E-state index in [1.165, 1.54) is 6.07 Å². The molecule has 1 aromatic carbocycles. The zero-order valence-electron chi connectivity index (χ0n) is 12.6. The molecule has 0 aliphatic heterocycles. The number of benzene rings is 1. The summed E-state index contributed by atoms with van der Waals surface area (Å²) in [5.74, 6) is -1.55. The van der Waals surface area contributed by atoms with Crippen LogP contribution in [0.3, 0.4) is 0 Å². The van der Waals surface area contributed by atoms with E-state index in [-0.39, 0.29) is 11.4 Å². The molecule has 0 saturated carbocycles. The van der Waals surface area contributed by atoms with E-state index in [9.17, 15) is 14.7 Å². The number of aromatic hydroxyl groups is 1. The van der Waals surface area contributed by atoms with Crippen LogP contribution in [0.4, 0.5) is 10.5 Å². The van der Waals surface area contributed by atoms with Gasteiger partial charge in [-0.1, -0.05) is 13.0 Å². The number of nitrogens with one attached hydrogen (secondary N) is 1. The van der Waals surface area contributed by atoms with Gasteiger partial charge in [-0.05, 0) is 44.9 Å². The number of ether oxygens (including phenoxy) is 1. The second kappa shape index (κ2) is 6.47. The van der Waals surface area contributed by atoms with Crippen molar-refractivity contribution in [3.05, 3.63) is 23.8 Å². The van der Waals surface area contributed by atoms with Crippen LogP contribution in [-0.4, -0.2) is 27.9 Å². The average molecular weight is 295 g/mol. The van der Waals surface area contributed by atoms with Gasteiger partial charge in [-0.25, -0.2) is 4.79 Å². The van der Waals surface area contributed by atoms with Crippen molar-refractivity contribution in [2.45, 2.75) is 39.7 Å². The van der Waals surface area contributed by atoms with Crippen LogP contribution in [0.25, 0.3) is 0 Å². The summed E-state index contributed by atoms with van der Waals surface area (Å²) < 4.78 is 5.10. The molecule has 6 nitrogen and oxygen atoms in total. The monoisotopic (exact) mass is 295 g/mol. The van der Waals surface area contributed by atoms with Crippen LogP contribution < -0.4 is 5.32 Å². The molecule has 0 aliphatic rings. The number of carboxylic acid groups (broad SMARTS) is 1. The largest absolute Gasteiger partial charge is 0.506 e. The Hall–Kier alpha value is -2.24. The molecule has 1 aromatic rings. The first-order chi connectivity index (χ1) is 9.58. The van der Waals surface area contributed by atoms with E-state index in [1.54, 1.807) is 39.8 Å². The lowest BCUT2D eigenvalue weighted by Gasteiger charge is -2.20. The minimum atomic E-state index is -0.898. The van der Waals surface area contributed by atoms with Gasteiger partial charge in [0.1, 0.15) is 11.4 Å². The lowest BCUT2D eigenvalue weighted by atomic mass is 10.0. The molecule has 1 rings (SSSR count). The molecule has 3 N–H and O–H groups in total. The zero-order valence-corrected chi connectivity index (χ0v) is 12.6. The number of anilines is 1. The van der Waals surface area contributed by atoms with Crippen molar-refractivity contribution in [3.8, 4) is 5.75 Å². The number of amides is 1. The maximum atomic E-state index is 11.7. The molecule has 0 saturated heterocycles. The Morgan fingerprint density at radius 1 is 1.33 bits per heavy atom. The quantitative estimate of drug-likeness (QED) is 0.742. The van der Waals surface area contributed by atoms with Gasteiger partial charge in [0.05, 0.1) is 11.6 Å². The van der Waals surface area contributed by atoms with Crippen LogP contribution in [0.2, 0.25) is 0 Å². The second-order valence-corrected chi connectivity index (χ2v) is 5.92. The van der Waals surface area contributed by atoms with E-state index in [0.29, 0.717) is 12.0 Å². The fourth-order valence-electron chi connectivity index (χ4n) is 1.66. The summed E-state index contributed by atoms with van der Waals surface area (Å²) in [6.07, 6.45) is -0.375. The van der Waals surface area contributed by atoms with E-state index in [4.69, 9.17) is 9.84 Å². The minimum absolute atomic E-state index is 0.104. The van der Waals surface area contributed by atoms with Gasteiger partial charge in [0.15, 0.2) is 0 Å². The molecule has 0 spiro atoms. The van der Waals surface area contributed by atoms with Crippen molar-refractivity contribution in [1.82, 2.24) is 0 Å². The molecule has 1 unspecified atom stereocenters. The lowest BCUT2D eigenvalue weighted by Crippen LogP contribution is -2.27. The highest BCUT2D eigenvalue weighted by molar-refractivity contribution is 5.87. The van der Waals surface area contributed by atoms with Crippen molar-refractivity contribution >= 4 is 17.7 Å². The summed E-state index contributed by atoms with van der Waals surface area (Å²) in [7, 11) is 0. The molecule has 116 valence electrons. The molecule has 0 heterocycles. The third-order valence-electron chi connectivity index (χ3n) is 2.66. The van der Waals surface area contributed by atoms with Crippen LogP contribution in [0.1, 0.15) is 33.3 Å². The highest BCUT2D eigenvalue weighted by Crippen LogP contribution is 2.26. The minimum Gasteiger partial charge on any atom is -0.506 e. The van der Waals surface area contributed by atoms with Gasteiger partial charge >= 0.3 is 12.1 Å². The smallest absolute Gasteiger partial charge is 0.412 e. The van der Waals surface area contributed by atoms with Crippen LogP contribution in [0, 0.1) is 5.92 Å². The fraction of sp³-hybridized carbons (Fsp3) is 0.467. The Bertz CT molecular complexity index is 533. The number of hydrogen-bond donors (Lipinski definition) is 3. The van der Waals surface area contributed by atoms with Crippen molar-refractivity contribution in [3.63, 3.8) is 0 Å². The summed E-state index contributed by atoms with van der Waals surface area (Å²) in [6.45, 7) is 6.79. The van der Waals surface area contributed by atoms with Gasteiger partial charge in [0.25, 0.3) is 0 Å². The predicted octanol–water partition coefficient (Wildman–Crippen LogP) is 3.00. The van der Waals surface area contributed by atoms with E-state index in [1.807, 2.05) is 0 Å². The normalized spacial score (nSPS) is 12.6. The molecular weight excluding hydrogens is 274 g/mol. The van der Waals surface area contributed by atoms with Crippen LogP contribution in [-0.2, 0) is 16.0 Å². The molecule has 1 atom stereocenters. The molecule has 0 aliphatic carbocycles. The van der Waals surface area contributed by atoms with Crippen molar-refractivity contribution < 1.29 is 24.5 Å². The van der Waals surface area contributed by atoms with Crippen molar-refractivity contribution in [2.24, 2.45) is 5.92 Å². The number of carboxylic acids is 1. The molecule has 0 aromatic heterocycles. The first kappa shape index (κ1) is 16.8. The van der Waals surface area contributed by atoms with Gasteiger partial charge in [0, 0.05) is 0 Å². The Morgan fingerprint density at radius 3 is 2.48 bits per heavy atom. The number of rotatable bonds is 4. The van der Waals surface area contributed by atoms with Crippen LogP contribution >= 0.6 is 0 Å². The van der Waals surface area contributed by atoms with E-state index in [2.05, 4.69) is 5.32 Å². The van der Waals surface area contributed by atoms with Crippen LogP contribution in [0.15, 0.2) is 18.2 Å². The van der Waals surface area contributed by atoms with Crippen molar-refractivity contribution in [1.29, 1.82) is 0 Å². The lowest BCUT2D eigenvalue weighted by molar-refractivity contribution is -0.141. The first-order valence-electron chi connectivity index (χ1n) is 6.63. The molecule has 0 fully saturated rings. The predicted molar refractivity (Wildman–Crippen MR) is 78.5 cm³/mol. The average Bonchev–Trinajstić information content (AvgIpc) is 2.30. The Labute approximate surface area is 123 Å². The number of hydrogen-bond acceptors (Lipinski definition) is 4. The molecule has 1 amide bonds. The van der Waals surface area contributed by atoms with E-state index in [0.717, 1.165) is 0 Å². The number of carbonyl (C=O) groups is 2. The number of aliphatic carboxylic acids is 1. The number of phenolic OH excluding ortho intramolecular Hbond substituents is 1. The molecule has 0 radical (unpaired) electrons. The molecule has 21 heavy (non-hydrogen) atoms. The van der Waals surface area contributed by atoms with Crippen molar-refractivity contribution in [2.75, 3.05) is 5.32 Å². The molecule has 6 heteroatoms. The zero-order chi connectivity index (χ0) is 16.2. The highest BCUT2D eigenvalue weighted by atomic mass is 16.6. The Morgan fingerprint density at radius 2 is 1.95 bits per heavy atom. The Kier molecular flexibility index (Phi) is 5.18.